The minimum absolute atomic E-state index is 0.110. The van der Waals surface area contributed by atoms with Crippen molar-refractivity contribution >= 4 is 0 Å². The Balaban J connectivity index is 1.39. The van der Waals surface area contributed by atoms with Crippen LogP contribution in [0.15, 0.2) is 54.6 Å². The molecule has 0 saturated heterocycles. The van der Waals surface area contributed by atoms with Gasteiger partial charge in [0.15, 0.2) is 0 Å². The lowest BCUT2D eigenvalue weighted by Gasteiger charge is -2.33. The van der Waals surface area contributed by atoms with Crippen LogP contribution < -0.4 is 16.4 Å². The molecular formula is C19H27N3. The molecule has 3 heteroatoms. The van der Waals surface area contributed by atoms with Gasteiger partial charge >= 0.3 is 0 Å². The molecule has 2 aliphatic carbocycles. The minimum Gasteiger partial charge on any atom is -0.323 e. The summed E-state index contributed by atoms with van der Waals surface area (Å²) in [7, 11) is 0. The van der Waals surface area contributed by atoms with Crippen LogP contribution in [0.3, 0.4) is 0 Å². The van der Waals surface area contributed by atoms with Gasteiger partial charge < -0.3 is 16.4 Å². The molecule has 0 spiro atoms. The van der Waals surface area contributed by atoms with Crippen LogP contribution in [-0.4, -0.2) is 24.2 Å². The Morgan fingerprint density at radius 1 is 0.909 bits per heavy atom. The molecule has 3 nitrogen and oxygen atoms in total. The number of nitrogens with one attached hydrogen (secondary N) is 2. The smallest absolute Gasteiger partial charge is 0.0445 e. The number of benzene rings is 1. The summed E-state index contributed by atoms with van der Waals surface area (Å²) in [5.74, 6) is 0. The van der Waals surface area contributed by atoms with E-state index in [9.17, 15) is 0 Å². The second kappa shape index (κ2) is 7.73. The van der Waals surface area contributed by atoms with Gasteiger partial charge in [-0.05, 0) is 31.2 Å². The fourth-order valence-electron chi connectivity index (χ4n) is 3.39. The van der Waals surface area contributed by atoms with Crippen LogP contribution in [0.2, 0.25) is 0 Å². The average molecular weight is 297 g/mol. The number of rotatable bonds is 5. The van der Waals surface area contributed by atoms with E-state index in [2.05, 4.69) is 59.2 Å². The van der Waals surface area contributed by atoms with Crippen molar-refractivity contribution in [3.05, 3.63) is 60.2 Å². The second-order valence-corrected chi connectivity index (χ2v) is 6.45. The summed E-state index contributed by atoms with van der Waals surface area (Å²) in [6, 6.07) is 12.3. The molecule has 0 radical (unpaired) electrons. The van der Waals surface area contributed by atoms with Gasteiger partial charge in [-0.25, -0.2) is 0 Å². The van der Waals surface area contributed by atoms with E-state index in [0.29, 0.717) is 18.1 Å². The van der Waals surface area contributed by atoms with Crippen molar-refractivity contribution in [3.63, 3.8) is 0 Å². The minimum atomic E-state index is 0.110. The van der Waals surface area contributed by atoms with Crippen LogP contribution in [0.25, 0.3) is 0 Å². The first-order valence-corrected chi connectivity index (χ1v) is 8.45. The summed E-state index contributed by atoms with van der Waals surface area (Å²) in [4.78, 5) is 0. The highest BCUT2D eigenvalue weighted by Crippen LogP contribution is 2.20. The molecule has 0 bridgehead atoms. The molecule has 1 saturated carbocycles. The van der Waals surface area contributed by atoms with E-state index in [4.69, 9.17) is 5.73 Å². The van der Waals surface area contributed by atoms with Gasteiger partial charge in [0.2, 0.25) is 0 Å². The molecule has 118 valence electrons. The van der Waals surface area contributed by atoms with E-state index in [1.807, 2.05) is 6.08 Å². The van der Waals surface area contributed by atoms with Crippen LogP contribution in [0.1, 0.15) is 31.2 Å². The van der Waals surface area contributed by atoms with Gasteiger partial charge in [0, 0.05) is 30.7 Å². The fourth-order valence-corrected chi connectivity index (χ4v) is 3.39. The normalized spacial score (nSPS) is 31.3. The molecule has 1 aromatic carbocycles. The van der Waals surface area contributed by atoms with Crippen molar-refractivity contribution in [1.29, 1.82) is 0 Å². The molecule has 0 amide bonds. The molecule has 0 heterocycles. The largest absolute Gasteiger partial charge is 0.323 e. The Hall–Kier alpha value is -1.42. The van der Waals surface area contributed by atoms with Crippen LogP contribution in [0.4, 0.5) is 0 Å². The average Bonchev–Trinajstić information content (AvgIpc) is 2.57. The topological polar surface area (TPSA) is 50.1 Å². The second-order valence-electron chi connectivity index (χ2n) is 6.45. The molecule has 1 aromatic rings. The van der Waals surface area contributed by atoms with Gasteiger partial charge in [0.1, 0.15) is 0 Å². The van der Waals surface area contributed by atoms with Gasteiger partial charge in [-0.3, -0.25) is 0 Å². The Bertz CT molecular complexity index is 501. The summed E-state index contributed by atoms with van der Waals surface area (Å²) >= 11 is 0. The van der Waals surface area contributed by atoms with Gasteiger partial charge in [-0.2, -0.15) is 0 Å². The maximum atomic E-state index is 6.12. The summed E-state index contributed by atoms with van der Waals surface area (Å²) in [6.07, 6.45) is 13.3. The number of hydrogen-bond acceptors (Lipinski definition) is 3. The fraction of sp³-hybridized carbons (Fsp3) is 0.474. The molecule has 2 atom stereocenters. The van der Waals surface area contributed by atoms with Gasteiger partial charge in [0.05, 0.1) is 0 Å². The molecule has 1 fully saturated rings. The van der Waals surface area contributed by atoms with E-state index >= 15 is 0 Å². The van der Waals surface area contributed by atoms with E-state index in [0.717, 1.165) is 6.54 Å². The number of nitrogens with two attached hydrogens (primary N) is 1. The van der Waals surface area contributed by atoms with Gasteiger partial charge in [0.25, 0.3) is 0 Å². The maximum Gasteiger partial charge on any atom is 0.0445 e. The highest BCUT2D eigenvalue weighted by atomic mass is 15.0. The predicted octanol–water partition coefficient (Wildman–Crippen LogP) is 2.50. The zero-order chi connectivity index (χ0) is 15.2. The molecule has 3 rings (SSSR count). The van der Waals surface area contributed by atoms with E-state index < -0.39 is 0 Å². The van der Waals surface area contributed by atoms with Crippen molar-refractivity contribution in [2.45, 2.75) is 56.4 Å². The first-order chi connectivity index (χ1) is 10.8. The Kier molecular flexibility index (Phi) is 5.43. The molecule has 22 heavy (non-hydrogen) atoms. The van der Waals surface area contributed by atoms with Crippen molar-refractivity contribution in [3.8, 4) is 0 Å². The van der Waals surface area contributed by atoms with Crippen molar-refractivity contribution in [1.82, 2.24) is 10.6 Å². The highest BCUT2D eigenvalue weighted by molar-refractivity contribution is 5.20. The monoisotopic (exact) mass is 297 g/mol. The van der Waals surface area contributed by atoms with Crippen LogP contribution >= 0.6 is 0 Å². The van der Waals surface area contributed by atoms with Crippen LogP contribution in [0, 0.1) is 0 Å². The zero-order valence-corrected chi connectivity index (χ0v) is 13.1. The molecule has 2 aliphatic rings. The number of hydrogen-bond donors (Lipinski definition) is 3. The third-order valence-corrected chi connectivity index (χ3v) is 4.77. The third kappa shape index (κ3) is 4.29. The molecule has 0 aromatic heterocycles. The van der Waals surface area contributed by atoms with Gasteiger partial charge in [-0.1, -0.05) is 54.6 Å². The molecule has 2 unspecified atom stereocenters. The van der Waals surface area contributed by atoms with Gasteiger partial charge in [-0.15, -0.1) is 0 Å². The molecule has 4 N–H and O–H groups in total. The van der Waals surface area contributed by atoms with E-state index in [1.165, 1.54) is 31.2 Å². The lowest BCUT2D eigenvalue weighted by atomic mass is 9.89. The highest BCUT2D eigenvalue weighted by Gasteiger charge is 2.24. The summed E-state index contributed by atoms with van der Waals surface area (Å²) < 4.78 is 0. The summed E-state index contributed by atoms with van der Waals surface area (Å²) in [5, 5.41) is 7.40. The van der Waals surface area contributed by atoms with E-state index in [-0.39, 0.29) is 6.04 Å². The third-order valence-electron chi connectivity index (χ3n) is 4.77. The SMILES string of the molecule is NC1C=CC=CC1NC1CCC(NCc2ccccc2)CC1. The summed E-state index contributed by atoms with van der Waals surface area (Å²) in [6.45, 7) is 0.977. The quantitative estimate of drug-likeness (QED) is 0.782. The zero-order valence-electron chi connectivity index (χ0n) is 13.1. The van der Waals surface area contributed by atoms with Crippen molar-refractivity contribution in [2.75, 3.05) is 0 Å². The maximum absolute atomic E-state index is 6.12. The Labute approximate surface area is 133 Å². The predicted molar refractivity (Wildman–Crippen MR) is 92.5 cm³/mol. The van der Waals surface area contributed by atoms with E-state index in [1.54, 1.807) is 0 Å². The lowest BCUT2D eigenvalue weighted by Crippen LogP contribution is -2.50. The van der Waals surface area contributed by atoms with Crippen LogP contribution in [-0.2, 0) is 6.54 Å². The van der Waals surface area contributed by atoms with Crippen LogP contribution in [0.5, 0.6) is 0 Å². The Morgan fingerprint density at radius 3 is 2.32 bits per heavy atom. The standard InChI is InChI=1S/C19H27N3/c20-18-8-4-5-9-19(18)22-17-12-10-16(11-13-17)21-14-15-6-2-1-3-7-15/h1-9,16-19,21-22H,10-14,20H2. The molecule has 0 aliphatic heterocycles. The number of allylic oxidation sites excluding steroid dienone is 2. The van der Waals surface area contributed by atoms with Crippen molar-refractivity contribution in [2.24, 2.45) is 5.73 Å². The first kappa shape index (κ1) is 15.5. The lowest BCUT2D eigenvalue weighted by molar-refractivity contribution is 0.292. The summed E-state index contributed by atoms with van der Waals surface area (Å²) in [5.41, 5.74) is 7.49. The first-order valence-electron chi connectivity index (χ1n) is 8.45. The van der Waals surface area contributed by atoms with Crippen molar-refractivity contribution < 1.29 is 0 Å². The Morgan fingerprint density at radius 2 is 1.59 bits per heavy atom. The molecular weight excluding hydrogens is 270 g/mol.